The summed E-state index contributed by atoms with van der Waals surface area (Å²) in [6.07, 6.45) is 2.04. The van der Waals surface area contributed by atoms with Crippen molar-refractivity contribution >= 4 is 40.1 Å². The molecule has 0 saturated heterocycles. The Morgan fingerprint density at radius 1 is 1.43 bits per heavy atom. The zero-order valence-corrected chi connectivity index (χ0v) is 9.46. The largest absolute Gasteiger partial charge is 0.293 e. The highest BCUT2D eigenvalue weighted by atomic mass is 35.5. The molecule has 0 aliphatic rings. The van der Waals surface area contributed by atoms with E-state index in [1.54, 1.807) is 12.3 Å². The number of hydrogen-bond acceptors (Lipinski definition) is 4. The summed E-state index contributed by atoms with van der Waals surface area (Å²) in [6, 6.07) is 1.74. The van der Waals surface area contributed by atoms with Gasteiger partial charge in [-0.2, -0.15) is 0 Å². The van der Waals surface area contributed by atoms with Crippen molar-refractivity contribution in [3.05, 3.63) is 37.9 Å². The van der Waals surface area contributed by atoms with E-state index >= 15 is 0 Å². The van der Waals surface area contributed by atoms with Gasteiger partial charge >= 0.3 is 0 Å². The summed E-state index contributed by atoms with van der Waals surface area (Å²) < 4.78 is 0. The van der Waals surface area contributed by atoms with E-state index < -0.39 is 0 Å². The highest BCUT2D eigenvalue weighted by molar-refractivity contribution is 7.13. The molecule has 0 unspecified atom stereocenters. The van der Waals surface area contributed by atoms with Crippen molar-refractivity contribution < 1.29 is 4.79 Å². The Bertz CT molecular complexity index is 435. The second-order valence-electron chi connectivity index (χ2n) is 2.62. The number of hydrogen-bond donors (Lipinski definition) is 0. The van der Waals surface area contributed by atoms with Crippen molar-refractivity contribution in [1.29, 1.82) is 0 Å². The summed E-state index contributed by atoms with van der Waals surface area (Å²) in [5, 5.41) is 5.05. The first-order valence-electron chi connectivity index (χ1n) is 3.92. The van der Waals surface area contributed by atoms with E-state index in [4.69, 9.17) is 11.6 Å². The van der Waals surface area contributed by atoms with Gasteiger partial charge in [0.15, 0.2) is 5.78 Å². The predicted molar refractivity (Wildman–Crippen MR) is 59.5 cm³/mol. The number of ketones is 1. The maximum absolute atomic E-state index is 11.7. The summed E-state index contributed by atoms with van der Waals surface area (Å²) in [7, 11) is 0. The zero-order chi connectivity index (χ0) is 9.97. The molecule has 0 atom stereocenters. The van der Waals surface area contributed by atoms with Crippen LogP contribution in [-0.2, 0) is 6.42 Å². The third kappa shape index (κ3) is 2.03. The van der Waals surface area contributed by atoms with E-state index in [1.165, 1.54) is 22.7 Å². The van der Waals surface area contributed by atoms with Gasteiger partial charge in [-0.1, -0.05) is 11.6 Å². The molecule has 2 heterocycles. The predicted octanol–water partition coefficient (Wildman–Crippen LogP) is 3.28. The maximum Gasteiger partial charge on any atom is 0.181 e. The molecule has 2 aromatic heterocycles. The van der Waals surface area contributed by atoms with E-state index in [2.05, 4.69) is 4.98 Å². The molecule has 0 aliphatic carbocycles. The SMILES string of the molecule is O=C(Cc1nccs1)c1sccc1Cl. The van der Waals surface area contributed by atoms with Crippen LogP contribution >= 0.6 is 34.3 Å². The lowest BCUT2D eigenvalue weighted by atomic mass is 10.2. The number of carbonyl (C=O) groups excluding carboxylic acids is 1. The summed E-state index contributed by atoms with van der Waals surface area (Å²) in [5.74, 6) is 0.0416. The number of aromatic nitrogens is 1. The van der Waals surface area contributed by atoms with Crippen LogP contribution in [0.1, 0.15) is 14.7 Å². The van der Waals surface area contributed by atoms with E-state index in [9.17, 15) is 4.79 Å². The van der Waals surface area contributed by atoms with Crippen LogP contribution < -0.4 is 0 Å². The fourth-order valence-corrected chi connectivity index (χ4v) is 2.77. The van der Waals surface area contributed by atoms with Gasteiger partial charge in [0.25, 0.3) is 0 Å². The Balaban J connectivity index is 2.14. The summed E-state index contributed by atoms with van der Waals surface area (Å²) in [6.45, 7) is 0. The van der Waals surface area contributed by atoms with E-state index in [1.807, 2.05) is 10.8 Å². The molecular weight excluding hydrogens is 238 g/mol. The van der Waals surface area contributed by atoms with Crippen molar-refractivity contribution in [2.24, 2.45) is 0 Å². The van der Waals surface area contributed by atoms with Crippen LogP contribution in [0.2, 0.25) is 5.02 Å². The van der Waals surface area contributed by atoms with Crippen LogP contribution in [0.3, 0.4) is 0 Å². The zero-order valence-electron chi connectivity index (χ0n) is 7.07. The molecule has 2 rings (SSSR count). The number of thiophene rings is 1. The normalized spacial score (nSPS) is 10.4. The second kappa shape index (κ2) is 4.21. The monoisotopic (exact) mass is 243 g/mol. The van der Waals surface area contributed by atoms with E-state index in [-0.39, 0.29) is 5.78 Å². The topological polar surface area (TPSA) is 30.0 Å². The third-order valence-electron chi connectivity index (χ3n) is 1.67. The quantitative estimate of drug-likeness (QED) is 0.775. The van der Waals surface area contributed by atoms with Crippen molar-refractivity contribution in [2.45, 2.75) is 6.42 Å². The number of Topliss-reactive ketones (excluding diaryl/α,β-unsaturated/α-hetero) is 1. The maximum atomic E-state index is 11.7. The molecule has 0 radical (unpaired) electrons. The molecule has 72 valence electrons. The van der Waals surface area contributed by atoms with E-state index in [0.29, 0.717) is 16.3 Å². The lowest BCUT2D eigenvalue weighted by Gasteiger charge is -1.94. The Morgan fingerprint density at radius 2 is 2.29 bits per heavy atom. The molecule has 2 aromatic rings. The molecule has 0 bridgehead atoms. The average Bonchev–Trinajstić information content (AvgIpc) is 2.75. The molecule has 5 heteroatoms. The second-order valence-corrected chi connectivity index (χ2v) is 4.93. The van der Waals surface area contributed by atoms with Crippen LogP contribution in [0, 0.1) is 0 Å². The van der Waals surface area contributed by atoms with Crippen LogP contribution in [0.15, 0.2) is 23.0 Å². The van der Waals surface area contributed by atoms with Gasteiger partial charge in [-0.05, 0) is 11.4 Å². The first kappa shape index (κ1) is 9.83. The fraction of sp³-hybridized carbons (Fsp3) is 0.111. The Morgan fingerprint density at radius 3 is 2.86 bits per heavy atom. The van der Waals surface area contributed by atoms with Gasteiger partial charge in [-0.15, -0.1) is 22.7 Å². The Labute approximate surface area is 94.2 Å². The molecule has 0 aliphatic heterocycles. The van der Waals surface area contributed by atoms with Gasteiger partial charge in [-0.3, -0.25) is 4.79 Å². The van der Waals surface area contributed by atoms with Crippen molar-refractivity contribution in [1.82, 2.24) is 4.98 Å². The molecule has 0 amide bonds. The minimum atomic E-state index is 0.0416. The van der Waals surface area contributed by atoms with Crippen LogP contribution in [-0.4, -0.2) is 10.8 Å². The third-order valence-corrected chi connectivity index (χ3v) is 3.83. The number of halogens is 1. The van der Waals surface area contributed by atoms with Crippen molar-refractivity contribution in [2.75, 3.05) is 0 Å². The molecule has 0 N–H and O–H groups in total. The van der Waals surface area contributed by atoms with Gasteiger partial charge in [0.05, 0.1) is 16.3 Å². The van der Waals surface area contributed by atoms with Crippen LogP contribution in [0.5, 0.6) is 0 Å². The average molecular weight is 244 g/mol. The van der Waals surface area contributed by atoms with Gasteiger partial charge < -0.3 is 0 Å². The minimum Gasteiger partial charge on any atom is -0.293 e. The van der Waals surface area contributed by atoms with Gasteiger partial charge in [0.2, 0.25) is 0 Å². The standard InChI is InChI=1S/C9H6ClNOS2/c10-6-1-3-14-9(6)7(12)5-8-11-2-4-13-8/h1-4H,5H2. The summed E-state index contributed by atoms with van der Waals surface area (Å²) in [5.41, 5.74) is 0. The molecule has 0 spiro atoms. The first-order chi connectivity index (χ1) is 6.77. The molecule has 0 aromatic carbocycles. The lowest BCUT2D eigenvalue weighted by molar-refractivity contribution is 0.0997. The smallest absolute Gasteiger partial charge is 0.181 e. The minimum absolute atomic E-state index is 0.0416. The molecule has 0 fully saturated rings. The summed E-state index contributed by atoms with van der Waals surface area (Å²) in [4.78, 5) is 16.4. The Hall–Kier alpha value is -0.710. The number of carbonyl (C=O) groups is 1. The number of nitrogens with zero attached hydrogens (tertiary/aromatic N) is 1. The van der Waals surface area contributed by atoms with Crippen molar-refractivity contribution in [3.8, 4) is 0 Å². The Kier molecular flexibility index (Phi) is 2.96. The summed E-state index contributed by atoms with van der Waals surface area (Å²) >= 11 is 8.71. The van der Waals surface area contributed by atoms with Crippen molar-refractivity contribution in [3.63, 3.8) is 0 Å². The molecular formula is C9H6ClNOS2. The highest BCUT2D eigenvalue weighted by Crippen LogP contribution is 2.23. The van der Waals surface area contributed by atoms with Gasteiger partial charge in [0.1, 0.15) is 5.01 Å². The fourth-order valence-electron chi connectivity index (χ4n) is 1.05. The number of rotatable bonds is 3. The number of thiazole rings is 1. The van der Waals surface area contributed by atoms with Gasteiger partial charge in [0, 0.05) is 11.6 Å². The van der Waals surface area contributed by atoms with Crippen LogP contribution in [0.25, 0.3) is 0 Å². The molecule has 0 saturated carbocycles. The van der Waals surface area contributed by atoms with Gasteiger partial charge in [-0.25, -0.2) is 4.98 Å². The highest BCUT2D eigenvalue weighted by Gasteiger charge is 2.13. The molecule has 14 heavy (non-hydrogen) atoms. The van der Waals surface area contributed by atoms with E-state index in [0.717, 1.165) is 5.01 Å². The lowest BCUT2D eigenvalue weighted by Crippen LogP contribution is -2.00. The van der Waals surface area contributed by atoms with Crippen LogP contribution in [0.4, 0.5) is 0 Å². The first-order valence-corrected chi connectivity index (χ1v) is 6.05. The molecule has 2 nitrogen and oxygen atoms in total.